The molecular weight excluding hydrogens is 440 g/mol. The van der Waals surface area contributed by atoms with Crippen LogP contribution in [0.1, 0.15) is 32.4 Å². The van der Waals surface area contributed by atoms with E-state index >= 15 is 0 Å². The molecule has 9 heteroatoms. The topological polar surface area (TPSA) is 82.2 Å². The number of urea groups is 1. The van der Waals surface area contributed by atoms with E-state index in [1.54, 1.807) is 31.4 Å². The van der Waals surface area contributed by atoms with E-state index < -0.39 is 10.0 Å². The first-order chi connectivity index (χ1) is 15.8. The Labute approximate surface area is 197 Å². The average molecular weight is 475 g/mol. The lowest BCUT2D eigenvalue weighted by Crippen LogP contribution is -2.52. The van der Waals surface area contributed by atoms with Gasteiger partial charge in [0.15, 0.2) is 0 Å². The molecule has 2 aromatic rings. The number of anilines is 1. The van der Waals surface area contributed by atoms with Gasteiger partial charge < -0.3 is 19.9 Å². The summed E-state index contributed by atoms with van der Waals surface area (Å²) in [6.07, 6.45) is 0. The highest BCUT2D eigenvalue weighted by molar-refractivity contribution is 7.89. The maximum Gasteiger partial charge on any atom is 0.317 e. The number of hydrogen-bond acceptors (Lipinski definition) is 5. The minimum Gasteiger partial charge on any atom is -0.495 e. The van der Waals surface area contributed by atoms with Gasteiger partial charge in [-0.15, -0.1) is 0 Å². The summed E-state index contributed by atoms with van der Waals surface area (Å²) in [5, 5.41) is 3.03. The van der Waals surface area contributed by atoms with Gasteiger partial charge in [-0.1, -0.05) is 38.1 Å². The molecule has 8 nitrogen and oxygen atoms in total. The van der Waals surface area contributed by atoms with Gasteiger partial charge in [0, 0.05) is 39.3 Å². The Hall–Kier alpha value is -2.78. The van der Waals surface area contributed by atoms with E-state index in [1.165, 1.54) is 4.31 Å². The second-order valence-corrected chi connectivity index (χ2v) is 9.91. The highest BCUT2D eigenvalue weighted by Crippen LogP contribution is 2.28. The summed E-state index contributed by atoms with van der Waals surface area (Å²) < 4.78 is 32.2. The van der Waals surface area contributed by atoms with Crippen molar-refractivity contribution in [2.75, 3.05) is 51.3 Å². The quantitative estimate of drug-likeness (QED) is 0.635. The van der Waals surface area contributed by atoms with Crippen molar-refractivity contribution in [3.63, 3.8) is 0 Å². The van der Waals surface area contributed by atoms with Crippen LogP contribution in [0.15, 0.2) is 53.4 Å². The van der Waals surface area contributed by atoms with Crippen molar-refractivity contribution in [1.29, 1.82) is 0 Å². The molecule has 1 heterocycles. The predicted molar refractivity (Wildman–Crippen MR) is 130 cm³/mol. The molecule has 0 saturated carbocycles. The Bertz CT molecular complexity index is 1030. The van der Waals surface area contributed by atoms with E-state index in [9.17, 15) is 13.2 Å². The van der Waals surface area contributed by atoms with Crippen LogP contribution in [0.4, 0.5) is 10.5 Å². The van der Waals surface area contributed by atoms with Crippen molar-refractivity contribution < 1.29 is 17.9 Å². The van der Waals surface area contributed by atoms with Crippen molar-refractivity contribution >= 4 is 21.7 Å². The number of piperazine rings is 1. The van der Waals surface area contributed by atoms with Crippen LogP contribution < -0.4 is 15.0 Å². The van der Waals surface area contributed by atoms with Crippen LogP contribution in [-0.4, -0.2) is 70.0 Å². The van der Waals surface area contributed by atoms with Crippen LogP contribution in [0, 0.1) is 0 Å². The molecule has 1 unspecified atom stereocenters. The molecule has 1 atom stereocenters. The van der Waals surface area contributed by atoms with Crippen molar-refractivity contribution in [2.45, 2.75) is 31.7 Å². The standard InChI is InChI=1S/C24H34N4O4S/c1-5-28(6-2)33(30,31)21-13-11-20(12-14-21)19(3)25-24(29)27-17-15-26(16-18-27)22-9-7-8-10-23(22)32-4/h7-14,19H,5-6,15-18H2,1-4H3,(H,25,29). The third-order valence-corrected chi connectivity index (χ3v) is 8.12. The number of carbonyl (C=O) groups excluding carboxylic acids is 1. The average Bonchev–Trinajstić information content (AvgIpc) is 2.84. The number of carbonyl (C=O) groups is 1. The fraction of sp³-hybridized carbons (Fsp3) is 0.458. The van der Waals surface area contributed by atoms with Crippen LogP contribution >= 0.6 is 0 Å². The van der Waals surface area contributed by atoms with Gasteiger partial charge in [-0.2, -0.15) is 4.31 Å². The van der Waals surface area contributed by atoms with Gasteiger partial charge in [0.1, 0.15) is 5.75 Å². The Morgan fingerprint density at radius 1 is 1.03 bits per heavy atom. The molecular formula is C24H34N4O4S. The minimum absolute atomic E-state index is 0.123. The van der Waals surface area contributed by atoms with Crippen LogP contribution in [0.5, 0.6) is 5.75 Å². The number of hydrogen-bond donors (Lipinski definition) is 1. The first-order valence-electron chi connectivity index (χ1n) is 11.3. The third kappa shape index (κ3) is 5.59. The van der Waals surface area contributed by atoms with Gasteiger partial charge in [0.2, 0.25) is 10.0 Å². The van der Waals surface area contributed by atoms with Crippen LogP contribution in [0.2, 0.25) is 0 Å². The van der Waals surface area contributed by atoms with Crippen molar-refractivity contribution in [3.05, 3.63) is 54.1 Å². The summed E-state index contributed by atoms with van der Waals surface area (Å²) in [7, 11) is -1.83. The zero-order valence-corrected chi connectivity index (χ0v) is 20.6. The highest BCUT2D eigenvalue weighted by Gasteiger charge is 2.25. The number of benzene rings is 2. The van der Waals surface area contributed by atoms with E-state index in [2.05, 4.69) is 10.2 Å². The summed E-state index contributed by atoms with van der Waals surface area (Å²) >= 11 is 0. The molecule has 1 fully saturated rings. The lowest BCUT2D eigenvalue weighted by atomic mass is 10.1. The molecule has 1 saturated heterocycles. The van der Waals surface area contributed by atoms with Crippen molar-refractivity contribution in [1.82, 2.24) is 14.5 Å². The molecule has 0 radical (unpaired) electrons. The maximum absolute atomic E-state index is 12.8. The minimum atomic E-state index is -3.49. The van der Waals surface area contributed by atoms with Gasteiger partial charge in [-0.05, 0) is 36.8 Å². The van der Waals surface area contributed by atoms with E-state index in [4.69, 9.17) is 4.74 Å². The van der Waals surface area contributed by atoms with Gasteiger partial charge in [0.05, 0.1) is 23.7 Å². The Balaban J connectivity index is 1.58. The lowest BCUT2D eigenvalue weighted by molar-refractivity contribution is 0.191. The lowest BCUT2D eigenvalue weighted by Gasteiger charge is -2.37. The molecule has 0 bridgehead atoms. The Morgan fingerprint density at radius 2 is 1.64 bits per heavy atom. The smallest absolute Gasteiger partial charge is 0.317 e. The molecule has 180 valence electrons. The van der Waals surface area contributed by atoms with Crippen LogP contribution in [0.25, 0.3) is 0 Å². The van der Waals surface area contributed by atoms with Gasteiger partial charge >= 0.3 is 6.03 Å². The zero-order chi connectivity index (χ0) is 24.0. The number of nitrogens with zero attached hydrogens (tertiary/aromatic N) is 3. The normalized spacial score (nSPS) is 15.4. The zero-order valence-electron chi connectivity index (χ0n) is 19.8. The second kappa shape index (κ2) is 10.9. The number of para-hydroxylation sites is 2. The Morgan fingerprint density at radius 3 is 2.21 bits per heavy atom. The Kier molecular flexibility index (Phi) is 8.20. The van der Waals surface area contributed by atoms with Gasteiger partial charge in [-0.3, -0.25) is 0 Å². The monoisotopic (exact) mass is 474 g/mol. The van der Waals surface area contributed by atoms with Crippen LogP contribution in [-0.2, 0) is 10.0 Å². The molecule has 1 aliphatic rings. The second-order valence-electron chi connectivity index (χ2n) is 7.98. The molecule has 2 amide bonds. The molecule has 1 aliphatic heterocycles. The molecule has 0 aromatic heterocycles. The summed E-state index contributed by atoms with van der Waals surface area (Å²) in [5.74, 6) is 0.829. The largest absolute Gasteiger partial charge is 0.495 e. The fourth-order valence-electron chi connectivity index (χ4n) is 4.04. The SMILES string of the molecule is CCN(CC)S(=O)(=O)c1ccc(C(C)NC(=O)N2CCN(c3ccccc3OC)CC2)cc1. The van der Waals surface area contributed by atoms with E-state index in [0.717, 1.165) is 30.1 Å². The maximum atomic E-state index is 12.8. The summed E-state index contributed by atoms with van der Waals surface area (Å²) in [4.78, 5) is 17.1. The first kappa shape index (κ1) is 24.9. The summed E-state index contributed by atoms with van der Waals surface area (Å²) in [6.45, 7) is 9.06. The van der Waals surface area contributed by atoms with Gasteiger partial charge in [0.25, 0.3) is 0 Å². The summed E-state index contributed by atoms with van der Waals surface area (Å²) in [6, 6.07) is 14.3. The predicted octanol–water partition coefficient (Wildman–Crippen LogP) is 3.32. The van der Waals surface area contributed by atoms with Crippen LogP contribution in [0.3, 0.4) is 0 Å². The van der Waals surface area contributed by atoms with Gasteiger partial charge in [-0.25, -0.2) is 13.2 Å². The summed E-state index contributed by atoms with van der Waals surface area (Å²) in [5.41, 5.74) is 1.89. The number of nitrogens with one attached hydrogen (secondary N) is 1. The molecule has 0 aliphatic carbocycles. The first-order valence-corrected chi connectivity index (χ1v) is 12.8. The van der Waals surface area contributed by atoms with Crippen molar-refractivity contribution in [3.8, 4) is 5.75 Å². The fourth-order valence-corrected chi connectivity index (χ4v) is 5.50. The number of amides is 2. The van der Waals surface area contributed by atoms with Crippen molar-refractivity contribution in [2.24, 2.45) is 0 Å². The number of methoxy groups -OCH3 is 1. The van der Waals surface area contributed by atoms with E-state index in [1.807, 2.05) is 49.9 Å². The molecule has 0 spiro atoms. The molecule has 1 N–H and O–H groups in total. The highest BCUT2D eigenvalue weighted by atomic mass is 32.2. The molecule has 2 aromatic carbocycles. The molecule has 3 rings (SSSR count). The number of ether oxygens (including phenoxy) is 1. The van der Waals surface area contributed by atoms with E-state index in [0.29, 0.717) is 26.2 Å². The number of rotatable bonds is 8. The third-order valence-electron chi connectivity index (χ3n) is 6.06. The number of sulfonamides is 1. The molecule has 33 heavy (non-hydrogen) atoms. The van der Waals surface area contributed by atoms with E-state index in [-0.39, 0.29) is 17.0 Å².